The van der Waals surface area contributed by atoms with Gasteiger partial charge in [-0.1, -0.05) is 23.4 Å². The predicted octanol–water partition coefficient (Wildman–Crippen LogP) is 3.56. The molecule has 2 N–H and O–H groups in total. The second-order valence-electron chi connectivity index (χ2n) is 5.96. The topological polar surface area (TPSA) is 93.5 Å². The first-order chi connectivity index (χ1) is 13.0. The lowest BCUT2D eigenvalue weighted by Gasteiger charge is -2.09. The number of para-hydroxylation sites is 1. The van der Waals surface area contributed by atoms with E-state index in [4.69, 9.17) is 9.26 Å². The highest BCUT2D eigenvalue weighted by Gasteiger charge is 2.10. The van der Waals surface area contributed by atoms with Gasteiger partial charge in [0.05, 0.1) is 0 Å². The normalized spacial score (nSPS) is 10.3. The van der Waals surface area contributed by atoms with Crippen molar-refractivity contribution >= 4 is 23.3 Å². The van der Waals surface area contributed by atoms with Crippen molar-refractivity contribution < 1.29 is 18.8 Å². The van der Waals surface area contributed by atoms with E-state index in [-0.39, 0.29) is 18.4 Å². The third kappa shape index (κ3) is 4.94. The zero-order valence-corrected chi connectivity index (χ0v) is 15.0. The van der Waals surface area contributed by atoms with Gasteiger partial charge < -0.3 is 19.9 Å². The maximum atomic E-state index is 12.1. The minimum Gasteiger partial charge on any atom is -0.483 e. The first-order valence-corrected chi connectivity index (χ1v) is 8.34. The number of carbonyl (C=O) groups excluding carboxylic acids is 2. The molecule has 0 spiro atoms. The number of rotatable bonds is 6. The molecule has 0 aliphatic heterocycles. The Hall–Kier alpha value is -3.61. The molecule has 0 atom stereocenters. The summed E-state index contributed by atoms with van der Waals surface area (Å²) in [5.41, 5.74) is 1.97. The highest BCUT2D eigenvalue weighted by molar-refractivity contribution is 6.04. The van der Waals surface area contributed by atoms with Gasteiger partial charge in [-0.2, -0.15) is 0 Å². The number of nitrogens with one attached hydrogen (secondary N) is 2. The Morgan fingerprint density at radius 2 is 1.78 bits per heavy atom. The fourth-order valence-corrected chi connectivity index (χ4v) is 2.38. The monoisotopic (exact) mass is 365 g/mol. The number of ether oxygens (including phenoxy) is 1. The van der Waals surface area contributed by atoms with Gasteiger partial charge in [-0.3, -0.25) is 9.59 Å². The summed E-state index contributed by atoms with van der Waals surface area (Å²) >= 11 is 0. The van der Waals surface area contributed by atoms with E-state index in [2.05, 4.69) is 15.8 Å². The van der Waals surface area contributed by atoms with E-state index in [0.29, 0.717) is 28.6 Å². The van der Waals surface area contributed by atoms with E-state index in [0.717, 1.165) is 5.56 Å². The average molecular weight is 365 g/mol. The molecule has 3 aromatic rings. The molecule has 27 heavy (non-hydrogen) atoms. The number of amides is 2. The van der Waals surface area contributed by atoms with E-state index >= 15 is 0 Å². The molecule has 0 bridgehead atoms. The van der Waals surface area contributed by atoms with Crippen molar-refractivity contribution in [2.45, 2.75) is 13.8 Å². The highest BCUT2D eigenvalue weighted by Crippen LogP contribution is 2.16. The third-order valence-electron chi connectivity index (χ3n) is 3.75. The molecule has 138 valence electrons. The summed E-state index contributed by atoms with van der Waals surface area (Å²) in [7, 11) is 0. The number of hydrogen-bond donors (Lipinski definition) is 2. The third-order valence-corrected chi connectivity index (χ3v) is 3.75. The molecule has 7 nitrogen and oxygen atoms in total. The first kappa shape index (κ1) is 18.2. The summed E-state index contributed by atoms with van der Waals surface area (Å²) < 4.78 is 10.4. The molecule has 0 aliphatic rings. The van der Waals surface area contributed by atoms with Crippen molar-refractivity contribution in [1.29, 1.82) is 0 Å². The van der Waals surface area contributed by atoms with Gasteiger partial charge in [0.1, 0.15) is 11.5 Å². The molecule has 0 saturated heterocycles. The van der Waals surface area contributed by atoms with Crippen molar-refractivity contribution in [1.82, 2.24) is 5.16 Å². The Labute approximate surface area is 156 Å². The number of nitrogens with zero attached hydrogens (tertiary/aromatic N) is 1. The second kappa shape index (κ2) is 8.18. The molecule has 0 radical (unpaired) electrons. The molecule has 7 heteroatoms. The highest BCUT2D eigenvalue weighted by atomic mass is 16.5. The van der Waals surface area contributed by atoms with Gasteiger partial charge in [-0.25, -0.2) is 0 Å². The fourth-order valence-electron chi connectivity index (χ4n) is 2.38. The standard InChI is InChI=1S/C20H19N3O4/c1-13-5-3-4-6-17(13)26-12-19(24)21-16-9-7-15(8-10-16)20(25)22-18-11-14(2)27-23-18/h3-11H,12H2,1-2H3,(H,21,24)(H,22,23,25). The van der Waals surface area contributed by atoms with E-state index in [1.165, 1.54) is 0 Å². The van der Waals surface area contributed by atoms with Crippen LogP contribution in [0.25, 0.3) is 0 Å². The van der Waals surface area contributed by atoms with Crippen molar-refractivity contribution in [3.63, 3.8) is 0 Å². The molecular formula is C20H19N3O4. The SMILES string of the molecule is Cc1cc(NC(=O)c2ccc(NC(=O)COc3ccccc3C)cc2)no1. The number of anilines is 2. The maximum Gasteiger partial charge on any atom is 0.262 e. The van der Waals surface area contributed by atoms with Crippen molar-refractivity contribution in [2.75, 3.05) is 17.2 Å². The minimum atomic E-state index is -0.316. The summed E-state index contributed by atoms with van der Waals surface area (Å²) in [5, 5.41) is 9.07. The minimum absolute atomic E-state index is 0.0986. The molecule has 3 rings (SSSR count). The molecule has 1 aromatic heterocycles. The number of hydrogen-bond acceptors (Lipinski definition) is 5. The molecule has 0 saturated carbocycles. The van der Waals surface area contributed by atoms with Crippen LogP contribution in [-0.2, 0) is 4.79 Å². The van der Waals surface area contributed by atoms with Crippen LogP contribution in [0.5, 0.6) is 5.75 Å². The summed E-state index contributed by atoms with van der Waals surface area (Å²) in [6.07, 6.45) is 0. The Morgan fingerprint density at radius 1 is 1.04 bits per heavy atom. The molecule has 0 unspecified atom stereocenters. The van der Waals surface area contributed by atoms with Crippen LogP contribution >= 0.6 is 0 Å². The Balaban J connectivity index is 1.53. The predicted molar refractivity (Wildman–Crippen MR) is 101 cm³/mol. The molecule has 0 fully saturated rings. The van der Waals surface area contributed by atoms with Gasteiger partial charge in [-0.15, -0.1) is 0 Å². The summed E-state index contributed by atoms with van der Waals surface area (Å²) in [6.45, 7) is 3.55. The van der Waals surface area contributed by atoms with E-state index in [1.807, 2.05) is 31.2 Å². The van der Waals surface area contributed by atoms with Crippen LogP contribution in [0, 0.1) is 13.8 Å². The first-order valence-electron chi connectivity index (χ1n) is 8.34. The van der Waals surface area contributed by atoms with Gasteiger partial charge in [0.2, 0.25) is 0 Å². The lowest BCUT2D eigenvalue weighted by Crippen LogP contribution is -2.20. The van der Waals surface area contributed by atoms with Crippen LogP contribution in [0.2, 0.25) is 0 Å². The zero-order valence-electron chi connectivity index (χ0n) is 15.0. The van der Waals surface area contributed by atoms with Crippen LogP contribution in [0.3, 0.4) is 0 Å². The van der Waals surface area contributed by atoms with Gasteiger partial charge >= 0.3 is 0 Å². The molecule has 2 aromatic carbocycles. The maximum absolute atomic E-state index is 12.1. The van der Waals surface area contributed by atoms with Crippen molar-refractivity contribution in [3.8, 4) is 5.75 Å². The van der Waals surface area contributed by atoms with E-state index < -0.39 is 0 Å². The van der Waals surface area contributed by atoms with Crippen LogP contribution in [0.4, 0.5) is 11.5 Å². The lowest BCUT2D eigenvalue weighted by molar-refractivity contribution is -0.118. The van der Waals surface area contributed by atoms with Gasteiger partial charge in [-0.05, 0) is 49.7 Å². The molecule has 0 aliphatic carbocycles. The summed E-state index contributed by atoms with van der Waals surface area (Å²) in [6, 6.07) is 15.6. The summed E-state index contributed by atoms with van der Waals surface area (Å²) in [5.74, 6) is 1.03. The van der Waals surface area contributed by atoms with Gasteiger partial charge in [0.15, 0.2) is 12.4 Å². The van der Waals surface area contributed by atoms with Crippen molar-refractivity contribution in [3.05, 3.63) is 71.5 Å². The number of aryl methyl sites for hydroxylation is 2. The molecular weight excluding hydrogens is 346 g/mol. The van der Waals surface area contributed by atoms with Gasteiger partial charge in [0.25, 0.3) is 11.8 Å². The van der Waals surface area contributed by atoms with Crippen LogP contribution in [0.1, 0.15) is 21.7 Å². The number of aromatic nitrogens is 1. The Kier molecular flexibility index (Phi) is 5.51. The fraction of sp³-hybridized carbons (Fsp3) is 0.150. The number of benzene rings is 2. The van der Waals surface area contributed by atoms with E-state index in [9.17, 15) is 9.59 Å². The van der Waals surface area contributed by atoms with E-state index in [1.54, 1.807) is 37.3 Å². The van der Waals surface area contributed by atoms with Crippen molar-refractivity contribution in [2.24, 2.45) is 0 Å². The Morgan fingerprint density at radius 3 is 2.44 bits per heavy atom. The Bertz CT molecular complexity index is 948. The second-order valence-corrected chi connectivity index (χ2v) is 5.96. The average Bonchev–Trinajstić information content (AvgIpc) is 3.06. The molecule has 1 heterocycles. The summed E-state index contributed by atoms with van der Waals surface area (Å²) in [4.78, 5) is 24.2. The lowest BCUT2D eigenvalue weighted by atomic mass is 10.2. The smallest absolute Gasteiger partial charge is 0.262 e. The molecule has 2 amide bonds. The quantitative estimate of drug-likeness (QED) is 0.697. The number of carbonyl (C=O) groups is 2. The largest absolute Gasteiger partial charge is 0.483 e. The van der Waals surface area contributed by atoms with Crippen LogP contribution < -0.4 is 15.4 Å². The zero-order chi connectivity index (χ0) is 19.2. The van der Waals surface area contributed by atoms with Gasteiger partial charge in [0, 0.05) is 17.3 Å². The van der Waals surface area contributed by atoms with Crippen LogP contribution in [0.15, 0.2) is 59.1 Å². The van der Waals surface area contributed by atoms with Crippen LogP contribution in [-0.4, -0.2) is 23.6 Å².